The van der Waals surface area contributed by atoms with Crippen LogP contribution >= 0.6 is 0 Å². The molecule has 0 aromatic heterocycles. The average molecular weight is 348 g/mol. The number of rotatable bonds is 8. The molecule has 140 valence electrons. The summed E-state index contributed by atoms with van der Waals surface area (Å²) in [6.07, 6.45) is 4.44. The van der Waals surface area contributed by atoms with Gasteiger partial charge in [-0.25, -0.2) is 0 Å². The van der Waals surface area contributed by atoms with Crippen LogP contribution in [0.3, 0.4) is 0 Å². The first-order chi connectivity index (χ1) is 11.8. The van der Waals surface area contributed by atoms with E-state index in [2.05, 4.69) is 13.0 Å². The van der Waals surface area contributed by atoms with E-state index < -0.39 is 0 Å². The van der Waals surface area contributed by atoms with E-state index in [0.717, 1.165) is 53.0 Å². The fourth-order valence-corrected chi connectivity index (χ4v) is 3.25. The van der Waals surface area contributed by atoms with Gasteiger partial charge in [0.25, 0.3) is 0 Å². The van der Waals surface area contributed by atoms with Crippen LogP contribution in [-0.4, -0.2) is 20.2 Å². The van der Waals surface area contributed by atoms with Crippen LogP contribution in [0.2, 0.25) is 0 Å². The zero-order chi connectivity index (χ0) is 19.1. The fourth-order valence-electron chi connectivity index (χ4n) is 3.25. The Morgan fingerprint density at radius 1 is 1.00 bits per heavy atom. The van der Waals surface area contributed by atoms with E-state index >= 15 is 0 Å². The van der Waals surface area contributed by atoms with Gasteiger partial charge in [-0.2, -0.15) is 0 Å². The highest BCUT2D eigenvalue weighted by Gasteiger charge is 2.27. The summed E-state index contributed by atoms with van der Waals surface area (Å²) in [6.45, 7) is 11.6. The summed E-state index contributed by atoms with van der Waals surface area (Å²) >= 11 is 0. The standard InChI is InChI=1S/C21H32O4/c1-9-13(2)11-10-12-18(25-17(6)22)19-16(5)20(23-7)14(3)15(4)21(19)24-8/h9,18H,10-12H2,1-8H3. The number of carbonyl (C=O) groups excluding carboxylic acids is 1. The van der Waals surface area contributed by atoms with Gasteiger partial charge in [0.05, 0.1) is 14.2 Å². The average Bonchev–Trinajstić information content (AvgIpc) is 2.57. The van der Waals surface area contributed by atoms with E-state index in [-0.39, 0.29) is 12.1 Å². The van der Waals surface area contributed by atoms with Crippen LogP contribution in [0.15, 0.2) is 11.6 Å². The molecule has 0 saturated heterocycles. The lowest BCUT2D eigenvalue weighted by Gasteiger charge is -2.26. The Kier molecular flexibility index (Phi) is 8.01. The largest absolute Gasteiger partial charge is 0.496 e. The summed E-state index contributed by atoms with van der Waals surface area (Å²) in [7, 11) is 3.33. The highest BCUT2D eigenvalue weighted by molar-refractivity contribution is 5.67. The molecule has 0 aliphatic heterocycles. The molecular formula is C21H32O4. The monoisotopic (exact) mass is 348 g/mol. The van der Waals surface area contributed by atoms with Crippen molar-refractivity contribution in [2.75, 3.05) is 14.2 Å². The molecule has 1 atom stereocenters. The second kappa shape index (κ2) is 9.50. The zero-order valence-electron chi connectivity index (χ0n) is 16.9. The number of methoxy groups -OCH3 is 2. The number of hydrogen-bond donors (Lipinski definition) is 0. The Bertz CT molecular complexity index is 644. The fraction of sp³-hybridized carbons (Fsp3) is 0.571. The van der Waals surface area contributed by atoms with Crippen LogP contribution < -0.4 is 9.47 Å². The molecule has 0 fully saturated rings. The molecule has 1 unspecified atom stereocenters. The highest BCUT2D eigenvalue weighted by atomic mass is 16.5. The van der Waals surface area contributed by atoms with E-state index in [1.165, 1.54) is 12.5 Å². The van der Waals surface area contributed by atoms with Crippen molar-refractivity contribution < 1.29 is 19.0 Å². The maximum atomic E-state index is 11.7. The molecule has 0 amide bonds. The Labute approximate surface area is 152 Å². The van der Waals surface area contributed by atoms with Gasteiger partial charge in [0.2, 0.25) is 0 Å². The SMILES string of the molecule is CC=C(C)CCCC(OC(C)=O)c1c(C)c(OC)c(C)c(C)c1OC. The summed E-state index contributed by atoms with van der Waals surface area (Å²) in [4.78, 5) is 11.7. The van der Waals surface area contributed by atoms with E-state index in [9.17, 15) is 4.79 Å². The molecule has 1 aromatic rings. The summed E-state index contributed by atoms with van der Waals surface area (Å²) in [5.74, 6) is 1.33. The summed E-state index contributed by atoms with van der Waals surface area (Å²) < 4.78 is 17.0. The van der Waals surface area contributed by atoms with Crippen molar-refractivity contribution >= 4 is 5.97 Å². The van der Waals surface area contributed by atoms with Crippen molar-refractivity contribution in [1.29, 1.82) is 0 Å². The van der Waals surface area contributed by atoms with Crippen LogP contribution in [0.5, 0.6) is 11.5 Å². The first-order valence-corrected chi connectivity index (χ1v) is 8.79. The van der Waals surface area contributed by atoms with Crippen molar-refractivity contribution in [3.63, 3.8) is 0 Å². The van der Waals surface area contributed by atoms with Gasteiger partial charge in [0, 0.05) is 18.1 Å². The molecule has 0 saturated carbocycles. The highest BCUT2D eigenvalue weighted by Crippen LogP contribution is 2.43. The van der Waals surface area contributed by atoms with Gasteiger partial charge in [-0.3, -0.25) is 4.79 Å². The van der Waals surface area contributed by atoms with E-state index in [4.69, 9.17) is 14.2 Å². The van der Waals surface area contributed by atoms with Gasteiger partial charge in [-0.1, -0.05) is 11.6 Å². The maximum Gasteiger partial charge on any atom is 0.303 e. The number of allylic oxidation sites excluding steroid dienone is 2. The lowest BCUT2D eigenvalue weighted by atomic mass is 9.91. The predicted molar refractivity (Wildman–Crippen MR) is 102 cm³/mol. The van der Waals surface area contributed by atoms with Gasteiger partial charge in [0.15, 0.2) is 0 Å². The van der Waals surface area contributed by atoms with Crippen molar-refractivity contribution in [3.05, 3.63) is 33.9 Å². The third-order valence-corrected chi connectivity index (χ3v) is 4.80. The van der Waals surface area contributed by atoms with E-state index in [1.54, 1.807) is 14.2 Å². The topological polar surface area (TPSA) is 44.8 Å². The number of hydrogen-bond acceptors (Lipinski definition) is 4. The molecule has 0 heterocycles. The van der Waals surface area contributed by atoms with E-state index in [1.807, 2.05) is 27.7 Å². The Morgan fingerprint density at radius 2 is 1.56 bits per heavy atom. The summed E-state index contributed by atoms with van der Waals surface area (Å²) in [5, 5.41) is 0. The van der Waals surface area contributed by atoms with Gasteiger partial charge in [-0.15, -0.1) is 0 Å². The molecular weight excluding hydrogens is 316 g/mol. The summed E-state index contributed by atoms with van der Waals surface area (Å²) in [5.41, 5.74) is 5.28. The molecule has 0 aliphatic carbocycles. The second-order valence-corrected chi connectivity index (χ2v) is 6.48. The van der Waals surface area contributed by atoms with Gasteiger partial charge in [0.1, 0.15) is 17.6 Å². The normalized spacial score (nSPS) is 12.7. The molecule has 0 aliphatic rings. The number of carbonyl (C=O) groups is 1. The third-order valence-electron chi connectivity index (χ3n) is 4.80. The predicted octanol–water partition coefficient (Wildman–Crippen LogP) is 5.37. The van der Waals surface area contributed by atoms with Crippen LogP contribution in [0.1, 0.15) is 68.4 Å². The van der Waals surface area contributed by atoms with E-state index in [0.29, 0.717) is 0 Å². The number of ether oxygens (including phenoxy) is 3. The van der Waals surface area contributed by atoms with Crippen LogP contribution in [0.4, 0.5) is 0 Å². The molecule has 4 heteroatoms. The van der Waals surface area contributed by atoms with Crippen LogP contribution in [0.25, 0.3) is 0 Å². The molecule has 0 radical (unpaired) electrons. The molecule has 0 bridgehead atoms. The number of benzene rings is 1. The molecule has 25 heavy (non-hydrogen) atoms. The molecule has 1 rings (SSSR count). The lowest BCUT2D eigenvalue weighted by molar-refractivity contribution is -0.147. The molecule has 1 aromatic carbocycles. The van der Waals surface area contributed by atoms with Gasteiger partial charge >= 0.3 is 5.97 Å². The number of esters is 1. The molecule has 0 spiro atoms. The second-order valence-electron chi connectivity index (χ2n) is 6.48. The zero-order valence-corrected chi connectivity index (χ0v) is 16.9. The molecule has 4 nitrogen and oxygen atoms in total. The van der Waals surface area contributed by atoms with Crippen molar-refractivity contribution in [2.45, 2.75) is 66.9 Å². The minimum absolute atomic E-state index is 0.286. The van der Waals surface area contributed by atoms with Gasteiger partial charge in [-0.05, 0) is 65.0 Å². The third kappa shape index (κ3) is 5.00. The minimum Gasteiger partial charge on any atom is -0.496 e. The maximum absolute atomic E-state index is 11.7. The molecule has 0 N–H and O–H groups in total. The van der Waals surface area contributed by atoms with Crippen LogP contribution in [-0.2, 0) is 9.53 Å². The Morgan fingerprint density at radius 3 is 2.04 bits per heavy atom. The van der Waals surface area contributed by atoms with Crippen molar-refractivity contribution in [3.8, 4) is 11.5 Å². The Hall–Kier alpha value is -1.97. The first kappa shape index (κ1) is 21.1. The van der Waals surface area contributed by atoms with Crippen molar-refractivity contribution in [2.24, 2.45) is 0 Å². The quantitative estimate of drug-likeness (QED) is 0.468. The minimum atomic E-state index is -0.342. The summed E-state index contributed by atoms with van der Waals surface area (Å²) in [6, 6.07) is 0. The van der Waals surface area contributed by atoms with Gasteiger partial charge < -0.3 is 14.2 Å². The lowest BCUT2D eigenvalue weighted by Crippen LogP contribution is -2.14. The Balaban J connectivity index is 3.36. The smallest absolute Gasteiger partial charge is 0.303 e. The van der Waals surface area contributed by atoms with Crippen LogP contribution in [0, 0.1) is 20.8 Å². The first-order valence-electron chi connectivity index (χ1n) is 8.79. The van der Waals surface area contributed by atoms with Crippen molar-refractivity contribution in [1.82, 2.24) is 0 Å².